The predicted octanol–water partition coefficient (Wildman–Crippen LogP) is 0.823. The van der Waals surface area contributed by atoms with Crippen LogP contribution in [0.5, 0.6) is 0 Å². The van der Waals surface area contributed by atoms with Gasteiger partial charge in [0.2, 0.25) is 5.91 Å². The molecule has 15 heavy (non-hydrogen) atoms. The molecule has 1 amide bonds. The van der Waals surface area contributed by atoms with Gasteiger partial charge >= 0.3 is 0 Å². The van der Waals surface area contributed by atoms with E-state index in [1.807, 2.05) is 12.1 Å². The normalized spacial score (nSPS) is 11.5. The van der Waals surface area contributed by atoms with Gasteiger partial charge in [0.1, 0.15) is 0 Å². The Balaban J connectivity index is 3.46. The average Bonchev–Trinajstić information content (AvgIpc) is 2.15. The Labute approximate surface area is 90.9 Å². The van der Waals surface area contributed by atoms with Gasteiger partial charge in [-0.15, -0.1) is 0 Å². The van der Waals surface area contributed by atoms with Crippen LogP contribution in [0.3, 0.4) is 0 Å². The standard InChI is InChI=1S/C11H17NO2Si/c1-15(2,3)9-6-4-5-8(7-13)10(9)11(12)14/h4-6,13H,7H2,1-3H3,(H2,12,14). The van der Waals surface area contributed by atoms with E-state index >= 15 is 0 Å². The first-order valence-corrected chi connectivity index (χ1v) is 8.41. The summed E-state index contributed by atoms with van der Waals surface area (Å²) in [5.41, 5.74) is 6.50. The highest BCUT2D eigenvalue weighted by atomic mass is 28.3. The summed E-state index contributed by atoms with van der Waals surface area (Å²) in [4.78, 5) is 11.4. The van der Waals surface area contributed by atoms with Gasteiger partial charge in [-0.2, -0.15) is 0 Å². The van der Waals surface area contributed by atoms with Gasteiger partial charge in [0.15, 0.2) is 0 Å². The highest BCUT2D eigenvalue weighted by molar-refractivity contribution is 6.89. The average molecular weight is 223 g/mol. The molecule has 4 heteroatoms. The number of nitrogens with two attached hydrogens (primary N) is 1. The van der Waals surface area contributed by atoms with Crippen LogP contribution in [0, 0.1) is 0 Å². The molecule has 0 saturated carbocycles. The molecule has 0 fully saturated rings. The molecule has 1 rings (SSSR count). The van der Waals surface area contributed by atoms with Crippen molar-refractivity contribution >= 4 is 19.2 Å². The zero-order valence-electron chi connectivity index (χ0n) is 9.37. The molecule has 82 valence electrons. The molecule has 1 aromatic rings. The van der Waals surface area contributed by atoms with E-state index in [9.17, 15) is 4.79 Å². The number of aliphatic hydroxyl groups excluding tert-OH is 1. The van der Waals surface area contributed by atoms with Crippen molar-refractivity contribution in [3.8, 4) is 0 Å². The lowest BCUT2D eigenvalue weighted by Crippen LogP contribution is -2.43. The Morgan fingerprint density at radius 3 is 2.40 bits per heavy atom. The quantitative estimate of drug-likeness (QED) is 0.745. The van der Waals surface area contributed by atoms with Crippen molar-refractivity contribution in [2.24, 2.45) is 5.73 Å². The monoisotopic (exact) mass is 223 g/mol. The molecule has 0 aliphatic rings. The first-order valence-electron chi connectivity index (χ1n) is 4.91. The summed E-state index contributed by atoms with van der Waals surface area (Å²) in [7, 11) is -1.60. The van der Waals surface area contributed by atoms with Gasteiger partial charge in [0, 0.05) is 5.56 Å². The molecule has 0 aliphatic heterocycles. The smallest absolute Gasteiger partial charge is 0.248 e. The molecule has 0 bridgehead atoms. The van der Waals surface area contributed by atoms with Gasteiger partial charge in [-0.3, -0.25) is 4.79 Å². The molecule has 3 N–H and O–H groups in total. The van der Waals surface area contributed by atoms with Gasteiger partial charge in [0.25, 0.3) is 0 Å². The van der Waals surface area contributed by atoms with Crippen LogP contribution >= 0.6 is 0 Å². The van der Waals surface area contributed by atoms with E-state index in [1.54, 1.807) is 6.07 Å². The van der Waals surface area contributed by atoms with E-state index < -0.39 is 14.0 Å². The summed E-state index contributed by atoms with van der Waals surface area (Å²) < 4.78 is 0. The number of carbonyl (C=O) groups excluding carboxylic acids is 1. The van der Waals surface area contributed by atoms with Gasteiger partial charge in [-0.1, -0.05) is 37.8 Å². The number of benzene rings is 1. The minimum absolute atomic E-state index is 0.142. The second-order valence-electron chi connectivity index (χ2n) is 4.61. The lowest BCUT2D eigenvalue weighted by Gasteiger charge is -2.21. The third-order valence-electron chi connectivity index (χ3n) is 2.38. The summed E-state index contributed by atoms with van der Waals surface area (Å²) in [6.07, 6.45) is 0. The second-order valence-corrected chi connectivity index (χ2v) is 9.65. The molecular formula is C11H17NO2Si. The maximum atomic E-state index is 11.4. The third-order valence-corrected chi connectivity index (χ3v) is 4.41. The van der Waals surface area contributed by atoms with E-state index in [0.29, 0.717) is 11.1 Å². The molecule has 0 aromatic heterocycles. The van der Waals surface area contributed by atoms with Crippen molar-refractivity contribution in [1.29, 1.82) is 0 Å². The lowest BCUT2D eigenvalue weighted by atomic mass is 10.1. The van der Waals surface area contributed by atoms with Crippen LogP contribution in [-0.4, -0.2) is 19.1 Å². The number of aliphatic hydroxyl groups is 1. The van der Waals surface area contributed by atoms with Crippen molar-refractivity contribution in [1.82, 2.24) is 0 Å². The number of hydrogen-bond donors (Lipinski definition) is 2. The van der Waals surface area contributed by atoms with E-state index in [2.05, 4.69) is 19.6 Å². The van der Waals surface area contributed by atoms with Gasteiger partial charge in [-0.25, -0.2) is 0 Å². The summed E-state index contributed by atoms with van der Waals surface area (Å²) in [5, 5.41) is 10.2. The molecule has 0 heterocycles. The van der Waals surface area contributed by atoms with Gasteiger partial charge < -0.3 is 10.8 Å². The Morgan fingerprint density at radius 1 is 1.40 bits per heavy atom. The van der Waals surface area contributed by atoms with E-state index in [-0.39, 0.29) is 6.61 Å². The van der Waals surface area contributed by atoms with Gasteiger partial charge in [0.05, 0.1) is 14.7 Å². The van der Waals surface area contributed by atoms with Crippen LogP contribution in [0.15, 0.2) is 18.2 Å². The number of primary amides is 1. The first-order chi connectivity index (χ1) is 6.88. The van der Waals surface area contributed by atoms with Crippen molar-refractivity contribution < 1.29 is 9.90 Å². The third kappa shape index (κ3) is 2.46. The zero-order valence-corrected chi connectivity index (χ0v) is 10.4. The van der Waals surface area contributed by atoms with Crippen molar-refractivity contribution in [2.75, 3.05) is 0 Å². The second kappa shape index (κ2) is 4.16. The maximum Gasteiger partial charge on any atom is 0.248 e. The Bertz CT molecular complexity index is 383. The number of carbonyl (C=O) groups is 1. The van der Waals surface area contributed by atoms with E-state index in [0.717, 1.165) is 5.19 Å². The van der Waals surface area contributed by atoms with Crippen LogP contribution < -0.4 is 10.9 Å². The van der Waals surface area contributed by atoms with Crippen LogP contribution in [0.25, 0.3) is 0 Å². The number of hydrogen-bond acceptors (Lipinski definition) is 2. The summed E-state index contributed by atoms with van der Waals surface area (Å²) >= 11 is 0. The summed E-state index contributed by atoms with van der Waals surface area (Å²) in [6.45, 7) is 6.30. The Hall–Kier alpha value is -1.13. The molecule has 3 nitrogen and oxygen atoms in total. The molecule has 0 spiro atoms. The zero-order chi connectivity index (χ0) is 11.6. The fourth-order valence-corrected chi connectivity index (χ4v) is 3.28. The van der Waals surface area contributed by atoms with Crippen molar-refractivity contribution in [3.63, 3.8) is 0 Å². The minimum Gasteiger partial charge on any atom is -0.392 e. The first kappa shape index (κ1) is 11.9. The largest absolute Gasteiger partial charge is 0.392 e. The summed E-state index contributed by atoms with van der Waals surface area (Å²) in [6, 6.07) is 5.54. The van der Waals surface area contributed by atoms with Crippen LogP contribution in [0.4, 0.5) is 0 Å². The van der Waals surface area contributed by atoms with Crippen molar-refractivity contribution in [3.05, 3.63) is 29.3 Å². The van der Waals surface area contributed by atoms with Crippen molar-refractivity contribution in [2.45, 2.75) is 26.2 Å². The molecule has 0 radical (unpaired) electrons. The van der Waals surface area contributed by atoms with E-state index in [1.165, 1.54) is 0 Å². The lowest BCUT2D eigenvalue weighted by molar-refractivity contribution is 0.0998. The van der Waals surface area contributed by atoms with Crippen LogP contribution in [0.2, 0.25) is 19.6 Å². The molecule has 0 atom stereocenters. The number of amides is 1. The minimum atomic E-state index is -1.60. The van der Waals surface area contributed by atoms with Gasteiger partial charge in [-0.05, 0) is 10.8 Å². The summed E-state index contributed by atoms with van der Waals surface area (Å²) in [5.74, 6) is -0.447. The van der Waals surface area contributed by atoms with E-state index in [4.69, 9.17) is 10.8 Å². The molecule has 0 unspecified atom stereocenters. The Kier molecular flexibility index (Phi) is 3.31. The SMILES string of the molecule is C[Si](C)(C)c1cccc(CO)c1C(N)=O. The molecule has 0 aliphatic carbocycles. The fourth-order valence-electron chi connectivity index (χ4n) is 1.65. The maximum absolute atomic E-state index is 11.4. The molecule has 0 saturated heterocycles. The van der Waals surface area contributed by atoms with Crippen LogP contribution in [0.1, 0.15) is 15.9 Å². The Morgan fingerprint density at radius 2 is 2.00 bits per heavy atom. The predicted molar refractivity (Wildman–Crippen MR) is 63.9 cm³/mol. The highest BCUT2D eigenvalue weighted by Gasteiger charge is 2.24. The topological polar surface area (TPSA) is 63.3 Å². The van der Waals surface area contributed by atoms with Crippen LogP contribution in [-0.2, 0) is 6.61 Å². The highest BCUT2D eigenvalue weighted by Crippen LogP contribution is 2.12. The fraction of sp³-hybridized carbons (Fsp3) is 0.364. The number of rotatable bonds is 3. The molecule has 1 aromatic carbocycles. The molecular weight excluding hydrogens is 206 g/mol.